The Morgan fingerprint density at radius 1 is 0.784 bits per heavy atom. The molecule has 37 heavy (non-hydrogen) atoms. The van der Waals surface area contributed by atoms with E-state index in [9.17, 15) is 8.42 Å². The average Bonchev–Trinajstić information content (AvgIpc) is 2.93. The Morgan fingerprint density at radius 3 is 1.89 bits per heavy atom. The first-order valence-corrected chi connectivity index (χ1v) is 13.0. The molecule has 8 heteroatoms. The molecule has 0 saturated carbocycles. The van der Waals surface area contributed by atoms with E-state index in [1.807, 2.05) is 49.4 Å². The highest BCUT2D eigenvalue weighted by atomic mass is 32.2. The van der Waals surface area contributed by atoms with Crippen molar-refractivity contribution in [1.29, 1.82) is 5.26 Å². The zero-order chi connectivity index (χ0) is 26.1. The number of hydrazone groups is 1. The standard InChI is InChI=1S/C29H25N3O4S/c1-22-7-17-28(18-8-22)37(33,34)32-31-29(24-5-3-2-4-6-24)25-11-15-27(16-12-25)36-20-19-35-26-13-9-23(21-30)10-14-26/h2-18,32H,19-20H2,1H3/b31-29-. The smallest absolute Gasteiger partial charge is 0.276 e. The van der Waals surface area contributed by atoms with Crippen LogP contribution in [0.3, 0.4) is 0 Å². The quantitative estimate of drug-likeness (QED) is 0.182. The summed E-state index contributed by atoms with van der Waals surface area (Å²) in [6, 6.07) is 32.1. The molecule has 7 nitrogen and oxygen atoms in total. The van der Waals surface area contributed by atoms with Crippen LogP contribution in [0.2, 0.25) is 0 Å². The number of nitriles is 1. The normalized spacial score (nSPS) is 11.4. The lowest BCUT2D eigenvalue weighted by Gasteiger charge is -2.11. The Kier molecular flexibility index (Phi) is 8.18. The van der Waals surface area contributed by atoms with Crippen LogP contribution in [-0.2, 0) is 10.0 Å². The third-order valence-corrected chi connectivity index (χ3v) is 6.61. The Bertz CT molecular complexity index is 1490. The fourth-order valence-electron chi connectivity index (χ4n) is 3.42. The summed E-state index contributed by atoms with van der Waals surface area (Å²) in [6.45, 7) is 2.56. The van der Waals surface area contributed by atoms with E-state index >= 15 is 0 Å². The van der Waals surface area contributed by atoms with Gasteiger partial charge in [-0.15, -0.1) is 0 Å². The molecule has 0 spiro atoms. The maximum atomic E-state index is 12.8. The lowest BCUT2D eigenvalue weighted by Crippen LogP contribution is -2.21. The van der Waals surface area contributed by atoms with Crippen LogP contribution in [0.5, 0.6) is 11.5 Å². The average molecular weight is 512 g/mol. The molecule has 4 aromatic carbocycles. The summed E-state index contributed by atoms with van der Waals surface area (Å²) >= 11 is 0. The van der Waals surface area contributed by atoms with E-state index < -0.39 is 10.0 Å². The Morgan fingerprint density at radius 2 is 1.32 bits per heavy atom. The van der Waals surface area contributed by atoms with Crippen LogP contribution in [0.15, 0.2) is 113 Å². The minimum absolute atomic E-state index is 0.140. The third kappa shape index (κ3) is 6.97. The minimum Gasteiger partial charge on any atom is -0.490 e. The van der Waals surface area contributed by atoms with Crippen LogP contribution in [0.1, 0.15) is 22.3 Å². The molecule has 4 rings (SSSR count). The second-order valence-corrected chi connectivity index (χ2v) is 9.75. The van der Waals surface area contributed by atoms with E-state index in [1.165, 1.54) is 0 Å². The van der Waals surface area contributed by atoms with Gasteiger partial charge in [-0.1, -0.05) is 48.0 Å². The molecule has 0 heterocycles. The van der Waals surface area contributed by atoms with Gasteiger partial charge >= 0.3 is 0 Å². The predicted octanol–water partition coefficient (Wildman–Crippen LogP) is 5.06. The van der Waals surface area contributed by atoms with E-state index in [2.05, 4.69) is 16.0 Å². The topological polar surface area (TPSA) is 101 Å². The second kappa shape index (κ2) is 11.9. The summed E-state index contributed by atoms with van der Waals surface area (Å²) in [5, 5.41) is 13.1. The van der Waals surface area contributed by atoms with Crippen molar-refractivity contribution >= 4 is 15.7 Å². The fraction of sp³-hybridized carbons (Fsp3) is 0.103. The highest BCUT2D eigenvalue weighted by Crippen LogP contribution is 2.18. The molecule has 1 N–H and O–H groups in total. The molecule has 0 radical (unpaired) electrons. The Labute approximate surface area is 216 Å². The first-order chi connectivity index (χ1) is 17.9. The van der Waals surface area contributed by atoms with Gasteiger partial charge < -0.3 is 9.47 Å². The van der Waals surface area contributed by atoms with Crippen molar-refractivity contribution in [3.8, 4) is 17.6 Å². The highest BCUT2D eigenvalue weighted by molar-refractivity contribution is 7.89. The molecule has 0 bridgehead atoms. The van der Waals surface area contributed by atoms with Gasteiger partial charge in [-0.25, -0.2) is 0 Å². The molecule has 0 saturated heterocycles. The number of hydrogen-bond acceptors (Lipinski definition) is 6. The minimum atomic E-state index is -3.83. The second-order valence-electron chi connectivity index (χ2n) is 8.09. The van der Waals surface area contributed by atoms with Gasteiger partial charge in [-0.05, 0) is 67.6 Å². The van der Waals surface area contributed by atoms with Crippen LogP contribution in [-0.4, -0.2) is 27.3 Å². The van der Waals surface area contributed by atoms with Crippen molar-refractivity contribution in [2.45, 2.75) is 11.8 Å². The van der Waals surface area contributed by atoms with E-state index in [4.69, 9.17) is 14.7 Å². The molecule has 0 aromatic heterocycles. The SMILES string of the molecule is Cc1ccc(S(=O)(=O)N/N=C(/c2ccccc2)c2ccc(OCCOc3ccc(C#N)cc3)cc2)cc1. The molecule has 0 aliphatic carbocycles. The maximum absolute atomic E-state index is 12.8. The summed E-state index contributed by atoms with van der Waals surface area (Å²) in [6.07, 6.45) is 0. The molecule has 4 aromatic rings. The van der Waals surface area contributed by atoms with E-state index in [1.54, 1.807) is 60.7 Å². The number of ether oxygens (including phenoxy) is 2. The maximum Gasteiger partial charge on any atom is 0.276 e. The van der Waals surface area contributed by atoms with Gasteiger partial charge in [0.1, 0.15) is 24.7 Å². The van der Waals surface area contributed by atoms with Gasteiger partial charge in [-0.3, -0.25) is 0 Å². The molecule has 0 amide bonds. The third-order valence-electron chi connectivity index (χ3n) is 5.39. The van der Waals surface area contributed by atoms with Crippen LogP contribution in [0, 0.1) is 18.3 Å². The van der Waals surface area contributed by atoms with Crippen molar-refractivity contribution in [1.82, 2.24) is 4.83 Å². The number of sulfonamides is 1. The predicted molar refractivity (Wildman–Crippen MR) is 142 cm³/mol. The number of nitrogens with one attached hydrogen (secondary N) is 1. The summed E-state index contributed by atoms with van der Waals surface area (Å²) in [5.41, 5.74) is 3.50. The summed E-state index contributed by atoms with van der Waals surface area (Å²) in [7, 11) is -3.83. The van der Waals surface area contributed by atoms with Crippen molar-refractivity contribution in [2.75, 3.05) is 13.2 Å². The largest absolute Gasteiger partial charge is 0.490 e. The fourth-order valence-corrected chi connectivity index (χ4v) is 4.23. The first-order valence-electron chi connectivity index (χ1n) is 11.5. The first kappa shape index (κ1) is 25.5. The van der Waals surface area contributed by atoms with E-state index in [0.717, 1.165) is 16.7 Å². The lowest BCUT2D eigenvalue weighted by molar-refractivity contribution is 0.217. The molecular formula is C29H25N3O4S. The summed E-state index contributed by atoms with van der Waals surface area (Å²) in [4.78, 5) is 2.51. The van der Waals surface area contributed by atoms with Crippen molar-refractivity contribution < 1.29 is 17.9 Å². The lowest BCUT2D eigenvalue weighted by atomic mass is 10.0. The van der Waals surface area contributed by atoms with Crippen LogP contribution in [0.25, 0.3) is 0 Å². The van der Waals surface area contributed by atoms with Gasteiger partial charge in [0, 0.05) is 11.1 Å². The van der Waals surface area contributed by atoms with Gasteiger partial charge in [-0.2, -0.15) is 23.6 Å². The molecule has 0 unspecified atom stereocenters. The van der Waals surface area contributed by atoms with Crippen molar-refractivity contribution in [3.63, 3.8) is 0 Å². The zero-order valence-corrected chi connectivity index (χ0v) is 21.0. The number of rotatable bonds is 10. The molecule has 0 aliphatic heterocycles. The van der Waals surface area contributed by atoms with E-state index in [0.29, 0.717) is 36.0 Å². The monoisotopic (exact) mass is 511 g/mol. The van der Waals surface area contributed by atoms with Crippen molar-refractivity contribution in [3.05, 3.63) is 125 Å². The molecule has 0 atom stereocenters. The summed E-state index contributed by atoms with van der Waals surface area (Å²) < 4.78 is 37.0. The zero-order valence-electron chi connectivity index (χ0n) is 20.2. The van der Waals surface area contributed by atoms with Gasteiger partial charge in [0.05, 0.1) is 22.2 Å². The van der Waals surface area contributed by atoms with Crippen LogP contribution >= 0.6 is 0 Å². The molecular weight excluding hydrogens is 486 g/mol. The van der Waals surface area contributed by atoms with Crippen LogP contribution in [0.4, 0.5) is 0 Å². The number of nitrogens with zero attached hydrogens (tertiary/aromatic N) is 2. The van der Waals surface area contributed by atoms with Crippen LogP contribution < -0.4 is 14.3 Å². The van der Waals surface area contributed by atoms with Gasteiger partial charge in [0.15, 0.2) is 0 Å². The molecule has 0 aliphatic rings. The van der Waals surface area contributed by atoms with E-state index in [-0.39, 0.29) is 4.90 Å². The Hall–Kier alpha value is -4.61. The van der Waals surface area contributed by atoms with Crippen molar-refractivity contribution in [2.24, 2.45) is 5.10 Å². The number of benzene rings is 4. The number of aryl methyl sites for hydroxylation is 1. The van der Waals surface area contributed by atoms with Gasteiger partial charge in [0.2, 0.25) is 0 Å². The molecule has 186 valence electrons. The van der Waals surface area contributed by atoms with Gasteiger partial charge in [0.25, 0.3) is 10.0 Å². The highest BCUT2D eigenvalue weighted by Gasteiger charge is 2.15. The summed E-state index contributed by atoms with van der Waals surface area (Å²) in [5.74, 6) is 1.30. The Balaban J connectivity index is 1.44. The number of hydrogen-bond donors (Lipinski definition) is 1. The molecule has 0 fully saturated rings.